The number of hydrogen-bond donors (Lipinski definition) is 1. The number of thiol groups is 1. The maximum absolute atomic E-state index is 11.0. The zero-order chi connectivity index (χ0) is 10.0. The average Bonchev–Trinajstić information content (AvgIpc) is 2.03. The molecule has 0 bridgehead atoms. The summed E-state index contributed by atoms with van der Waals surface area (Å²) in [5.74, 6) is 0. The molecule has 1 rings (SSSR count). The van der Waals surface area contributed by atoms with Gasteiger partial charge in [0.05, 0.1) is 0 Å². The first-order chi connectivity index (χ1) is 6.02. The number of hydrogen-bond acceptors (Lipinski definition) is 1. The van der Waals surface area contributed by atoms with Crippen molar-refractivity contribution in [3.63, 3.8) is 0 Å². The Morgan fingerprint density at radius 3 is 2.46 bits per heavy atom. The number of amides is 1. The summed E-state index contributed by atoms with van der Waals surface area (Å²) in [7, 11) is 1.72. The second-order valence-electron chi connectivity index (χ2n) is 3.13. The van der Waals surface area contributed by atoms with Gasteiger partial charge in [-0.3, -0.25) is 4.79 Å². The number of benzene rings is 1. The third-order valence-corrected chi connectivity index (χ3v) is 2.30. The van der Waals surface area contributed by atoms with Crippen LogP contribution in [0.4, 0.5) is 10.5 Å². The van der Waals surface area contributed by atoms with Crippen LogP contribution in [-0.2, 0) is 0 Å². The molecule has 0 spiro atoms. The van der Waals surface area contributed by atoms with Crippen LogP contribution in [0.2, 0.25) is 0 Å². The van der Waals surface area contributed by atoms with Crippen LogP contribution in [0.5, 0.6) is 0 Å². The summed E-state index contributed by atoms with van der Waals surface area (Å²) in [4.78, 5) is 12.5. The normalized spacial score (nSPS) is 9.85. The Morgan fingerprint density at radius 2 is 2.00 bits per heavy atom. The van der Waals surface area contributed by atoms with E-state index in [1.54, 1.807) is 7.05 Å². The molecule has 0 fully saturated rings. The van der Waals surface area contributed by atoms with Gasteiger partial charge in [0.15, 0.2) is 0 Å². The molecule has 1 aromatic carbocycles. The predicted molar refractivity (Wildman–Crippen MR) is 58.7 cm³/mol. The van der Waals surface area contributed by atoms with Crippen molar-refractivity contribution in [1.82, 2.24) is 0 Å². The Hall–Kier alpha value is -0.960. The van der Waals surface area contributed by atoms with Gasteiger partial charge in [0.25, 0.3) is 5.24 Å². The van der Waals surface area contributed by atoms with Gasteiger partial charge in [-0.1, -0.05) is 30.3 Å². The number of carbonyl (C=O) groups is 1. The van der Waals surface area contributed by atoms with Crippen molar-refractivity contribution in [2.75, 3.05) is 11.9 Å². The lowest BCUT2D eigenvalue weighted by atomic mass is 10.1. The molecule has 0 aliphatic carbocycles. The van der Waals surface area contributed by atoms with E-state index in [0.29, 0.717) is 0 Å². The zero-order valence-electron chi connectivity index (χ0n) is 8.03. The van der Waals surface area contributed by atoms with Crippen LogP contribution in [0.1, 0.15) is 11.1 Å². The van der Waals surface area contributed by atoms with Crippen molar-refractivity contribution in [1.29, 1.82) is 0 Å². The third-order valence-electron chi connectivity index (χ3n) is 2.00. The minimum absolute atomic E-state index is 0.244. The molecule has 1 aromatic rings. The van der Waals surface area contributed by atoms with Crippen LogP contribution in [0.3, 0.4) is 0 Å². The SMILES string of the molecule is Cc1ccc(N(C)C(=O)S)c(C)c1. The summed E-state index contributed by atoms with van der Waals surface area (Å²) in [6.45, 7) is 4.01. The van der Waals surface area contributed by atoms with Gasteiger partial charge in [0.1, 0.15) is 0 Å². The van der Waals surface area contributed by atoms with Crippen LogP contribution >= 0.6 is 12.6 Å². The minimum Gasteiger partial charge on any atom is -0.306 e. The summed E-state index contributed by atoms with van der Waals surface area (Å²) in [5, 5.41) is -0.244. The molecule has 13 heavy (non-hydrogen) atoms. The molecule has 0 aromatic heterocycles. The van der Waals surface area contributed by atoms with Gasteiger partial charge in [-0.2, -0.15) is 0 Å². The Kier molecular flexibility index (Phi) is 2.98. The fraction of sp³-hybridized carbons (Fsp3) is 0.300. The Morgan fingerprint density at radius 1 is 1.38 bits per heavy atom. The fourth-order valence-corrected chi connectivity index (χ4v) is 1.39. The molecule has 2 nitrogen and oxygen atoms in total. The monoisotopic (exact) mass is 195 g/mol. The maximum atomic E-state index is 11.0. The highest BCUT2D eigenvalue weighted by molar-refractivity contribution is 7.96. The van der Waals surface area contributed by atoms with Gasteiger partial charge in [0, 0.05) is 12.7 Å². The van der Waals surface area contributed by atoms with Crippen molar-refractivity contribution in [2.45, 2.75) is 13.8 Å². The highest BCUT2D eigenvalue weighted by Gasteiger charge is 2.08. The van der Waals surface area contributed by atoms with E-state index < -0.39 is 0 Å². The summed E-state index contributed by atoms with van der Waals surface area (Å²) in [6, 6.07) is 5.96. The van der Waals surface area contributed by atoms with Crippen LogP contribution in [0.15, 0.2) is 18.2 Å². The van der Waals surface area contributed by atoms with E-state index in [1.807, 2.05) is 32.0 Å². The highest BCUT2D eigenvalue weighted by Crippen LogP contribution is 2.20. The number of aryl methyl sites for hydroxylation is 2. The maximum Gasteiger partial charge on any atom is 0.282 e. The van der Waals surface area contributed by atoms with Gasteiger partial charge in [0.2, 0.25) is 0 Å². The first-order valence-corrected chi connectivity index (χ1v) is 4.51. The van der Waals surface area contributed by atoms with Gasteiger partial charge in [-0.25, -0.2) is 0 Å². The summed E-state index contributed by atoms with van der Waals surface area (Å²) >= 11 is 3.76. The van der Waals surface area contributed by atoms with Crippen LogP contribution in [0.25, 0.3) is 0 Å². The number of carbonyl (C=O) groups excluding carboxylic acids is 1. The number of nitrogens with zero attached hydrogens (tertiary/aromatic N) is 1. The minimum atomic E-state index is -0.244. The van der Waals surface area contributed by atoms with Gasteiger partial charge < -0.3 is 4.90 Å². The molecule has 0 aliphatic heterocycles. The van der Waals surface area contributed by atoms with E-state index in [0.717, 1.165) is 11.3 Å². The first kappa shape index (κ1) is 10.1. The fourth-order valence-electron chi connectivity index (χ4n) is 1.28. The molecule has 3 heteroatoms. The largest absolute Gasteiger partial charge is 0.306 e. The van der Waals surface area contributed by atoms with Crippen molar-refractivity contribution >= 4 is 23.6 Å². The molecule has 0 N–H and O–H groups in total. The van der Waals surface area contributed by atoms with Gasteiger partial charge in [-0.15, -0.1) is 0 Å². The molecule has 0 atom stereocenters. The molecule has 0 aliphatic rings. The summed E-state index contributed by atoms with van der Waals surface area (Å²) < 4.78 is 0. The lowest BCUT2D eigenvalue weighted by Gasteiger charge is -2.16. The molecule has 1 amide bonds. The highest BCUT2D eigenvalue weighted by atomic mass is 32.1. The average molecular weight is 195 g/mol. The molecular formula is C10H13NOS. The second-order valence-corrected chi connectivity index (χ2v) is 3.51. The van der Waals surface area contributed by atoms with E-state index in [1.165, 1.54) is 10.5 Å². The molecule has 0 saturated heterocycles. The summed E-state index contributed by atoms with van der Waals surface area (Å²) in [6.07, 6.45) is 0. The van der Waals surface area contributed by atoms with E-state index in [-0.39, 0.29) is 5.24 Å². The molecular weight excluding hydrogens is 182 g/mol. The summed E-state index contributed by atoms with van der Waals surface area (Å²) in [5.41, 5.74) is 3.19. The molecule has 0 saturated carbocycles. The van der Waals surface area contributed by atoms with Crippen LogP contribution in [-0.4, -0.2) is 12.3 Å². The van der Waals surface area contributed by atoms with Crippen molar-refractivity contribution in [3.8, 4) is 0 Å². The second kappa shape index (κ2) is 3.83. The smallest absolute Gasteiger partial charge is 0.282 e. The Labute approximate surface area is 84.0 Å². The Bertz CT molecular complexity index is 336. The molecule has 0 radical (unpaired) electrons. The molecule has 0 heterocycles. The lowest BCUT2D eigenvalue weighted by Crippen LogP contribution is -2.20. The molecule has 0 unspecified atom stereocenters. The van der Waals surface area contributed by atoms with Crippen molar-refractivity contribution < 1.29 is 4.79 Å². The lowest BCUT2D eigenvalue weighted by molar-refractivity contribution is 0.266. The zero-order valence-corrected chi connectivity index (χ0v) is 8.93. The van der Waals surface area contributed by atoms with Gasteiger partial charge >= 0.3 is 0 Å². The van der Waals surface area contributed by atoms with Crippen LogP contribution in [0, 0.1) is 13.8 Å². The quantitative estimate of drug-likeness (QED) is 0.683. The standard InChI is InChI=1S/C10H13NOS/c1-7-4-5-9(8(2)6-7)11(3)10(12)13/h4-6H,1-3H3,(H,12,13). The van der Waals surface area contributed by atoms with E-state index in [9.17, 15) is 4.79 Å². The van der Waals surface area contributed by atoms with E-state index >= 15 is 0 Å². The topological polar surface area (TPSA) is 20.3 Å². The van der Waals surface area contributed by atoms with Crippen molar-refractivity contribution in [2.24, 2.45) is 0 Å². The van der Waals surface area contributed by atoms with Crippen molar-refractivity contribution in [3.05, 3.63) is 29.3 Å². The molecule has 70 valence electrons. The van der Waals surface area contributed by atoms with E-state index in [4.69, 9.17) is 0 Å². The van der Waals surface area contributed by atoms with Crippen LogP contribution < -0.4 is 4.90 Å². The number of rotatable bonds is 1. The third kappa shape index (κ3) is 2.25. The number of anilines is 1. The first-order valence-electron chi connectivity index (χ1n) is 4.06. The predicted octanol–water partition coefficient (Wildman–Crippen LogP) is 2.79. The Balaban J connectivity index is 3.08. The van der Waals surface area contributed by atoms with E-state index in [2.05, 4.69) is 12.6 Å². The van der Waals surface area contributed by atoms with Gasteiger partial charge in [-0.05, 0) is 25.5 Å².